The van der Waals surface area contributed by atoms with Gasteiger partial charge >= 0.3 is 0 Å². The average Bonchev–Trinajstić information content (AvgIpc) is 3.07. The normalized spacial score (nSPS) is 12.8. The van der Waals surface area contributed by atoms with Crippen LogP contribution in [0.15, 0.2) is 30.3 Å². The van der Waals surface area contributed by atoms with Gasteiger partial charge in [0.1, 0.15) is 0 Å². The highest BCUT2D eigenvalue weighted by molar-refractivity contribution is 7.14. The van der Waals surface area contributed by atoms with Crippen molar-refractivity contribution in [2.45, 2.75) is 19.3 Å². The Labute approximate surface area is 122 Å². The second-order valence-corrected chi connectivity index (χ2v) is 6.07. The molecule has 0 aliphatic heterocycles. The number of hydrogen-bond donors (Lipinski definition) is 0. The fourth-order valence-corrected chi connectivity index (χ4v) is 3.71. The lowest BCUT2D eigenvalue weighted by atomic mass is 10.2. The summed E-state index contributed by atoms with van der Waals surface area (Å²) in [6, 6.07) is 11.2. The minimum atomic E-state index is 0.0223. The molecule has 0 N–H and O–H groups in total. The van der Waals surface area contributed by atoms with Gasteiger partial charge in [-0.2, -0.15) is 5.26 Å². The first-order valence-corrected chi connectivity index (χ1v) is 7.40. The molecule has 0 saturated carbocycles. The maximum absolute atomic E-state index is 12.5. The molecule has 1 amide bonds. The number of anilines is 1. The van der Waals surface area contributed by atoms with E-state index in [4.69, 9.17) is 5.26 Å². The van der Waals surface area contributed by atoms with Gasteiger partial charge in [-0.05, 0) is 55.2 Å². The second kappa shape index (κ2) is 5.10. The van der Waals surface area contributed by atoms with Crippen molar-refractivity contribution in [2.24, 2.45) is 0 Å². The van der Waals surface area contributed by atoms with E-state index < -0.39 is 0 Å². The van der Waals surface area contributed by atoms with Crippen molar-refractivity contribution in [3.63, 3.8) is 0 Å². The van der Waals surface area contributed by atoms with Crippen molar-refractivity contribution in [3.05, 3.63) is 51.2 Å². The quantitative estimate of drug-likeness (QED) is 0.847. The highest BCUT2D eigenvalue weighted by Crippen LogP contribution is 2.31. The summed E-state index contributed by atoms with van der Waals surface area (Å²) in [7, 11) is 1.77. The van der Waals surface area contributed by atoms with E-state index >= 15 is 0 Å². The van der Waals surface area contributed by atoms with Gasteiger partial charge in [-0.25, -0.2) is 0 Å². The number of benzene rings is 1. The Morgan fingerprint density at radius 1 is 1.30 bits per heavy atom. The van der Waals surface area contributed by atoms with Crippen LogP contribution in [0, 0.1) is 11.3 Å². The highest BCUT2D eigenvalue weighted by Gasteiger charge is 2.21. The summed E-state index contributed by atoms with van der Waals surface area (Å²) < 4.78 is 0. The average molecular weight is 282 g/mol. The van der Waals surface area contributed by atoms with Gasteiger partial charge in [0.25, 0.3) is 5.91 Å². The summed E-state index contributed by atoms with van der Waals surface area (Å²) in [5, 5.41) is 8.79. The van der Waals surface area contributed by atoms with E-state index in [9.17, 15) is 4.79 Å². The van der Waals surface area contributed by atoms with Crippen LogP contribution in [-0.4, -0.2) is 13.0 Å². The number of nitrogens with zero attached hydrogens (tertiary/aromatic N) is 2. The summed E-state index contributed by atoms with van der Waals surface area (Å²) in [6.07, 6.45) is 3.41. The molecule has 3 nitrogen and oxygen atoms in total. The minimum absolute atomic E-state index is 0.0223. The van der Waals surface area contributed by atoms with Gasteiger partial charge in [-0.3, -0.25) is 4.79 Å². The third-order valence-electron chi connectivity index (χ3n) is 3.65. The molecule has 0 radical (unpaired) electrons. The SMILES string of the molecule is CN(C(=O)c1cc2c(s1)CCC2)c1ccc(C#N)cc1. The van der Waals surface area contributed by atoms with E-state index in [1.54, 1.807) is 47.5 Å². The van der Waals surface area contributed by atoms with Gasteiger partial charge in [0.05, 0.1) is 16.5 Å². The summed E-state index contributed by atoms with van der Waals surface area (Å²) >= 11 is 1.62. The predicted octanol–water partition coefficient (Wildman–Crippen LogP) is 3.39. The standard InChI is InChI=1S/C16H14N2OS/c1-18(13-7-5-11(10-17)6-8-13)16(19)15-9-12-3-2-4-14(12)20-15/h5-9H,2-4H2,1H3. The van der Waals surface area contributed by atoms with Crippen LogP contribution in [0.4, 0.5) is 5.69 Å². The third kappa shape index (κ3) is 2.21. The Bertz CT molecular complexity index is 673. The number of rotatable bonds is 2. The lowest BCUT2D eigenvalue weighted by molar-refractivity contribution is 0.0997. The van der Waals surface area contributed by atoms with E-state index in [1.807, 2.05) is 6.07 Å². The third-order valence-corrected chi connectivity index (χ3v) is 4.87. The molecule has 0 fully saturated rings. The van der Waals surface area contributed by atoms with Crippen molar-refractivity contribution in [2.75, 3.05) is 11.9 Å². The van der Waals surface area contributed by atoms with Crippen molar-refractivity contribution < 1.29 is 4.79 Å². The molecule has 0 saturated heterocycles. The number of aryl methyl sites for hydroxylation is 2. The molecule has 0 unspecified atom stereocenters. The summed E-state index contributed by atoms with van der Waals surface area (Å²) in [4.78, 5) is 16.3. The molecule has 20 heavy (non-hydrogen) atoms. The Morgan fingerprint density at radius 3 is 2.70 bits per heavy atom. The maximum atomic E-state index is 12.5. The molecule has 1 heterocycles. The molecule has 100 valence electrons. The van der Waals surface area contributed by atoms with Gasteiger partial charge in [0.15, 0.2) is 0 Å². The van der Waals surface area contributed by atoms with Gasteiger partial charge in [0.2, 0.25) is 0 Å². The zero-order valence-electron chi connectivity index (χ0n) is 11.2. The van der Waals surface area contributed by atoms with Gasteiger partial charge in [0, 0.05) is 17.6 Å². The zero-order chi connectivity index (χ0) is 14.1. The lowest BCUT2D eigenvalue weighted by Crippen LogP contribution is -2.25. The van der Waals surface area contributed by atoms with Crippen molar-refractivity contribution in [3.8, 4) is 6.07 Å². The highest BCUT2D eigenvalue weighted by atomic mass is 32.1. The first kappa shape index (κ1) is 12.9. The molecule has 3 rings (SSSR count). The van der Waals surface area contributed by atoms with Crippen LogP contribution in [0.2, 0.25) is 0 Å². The van der Waals surface area contributed by atoms with Crippen molar-refractivity contribution in [1.29, 1.82) is 5.26 Å². The number of carbonyl (C=O) groups is 1. The minimum Gasteiger partial charge on any atom is -0.311 e. The molecule has 1 aliphatic rings. The number of thiophene rings is 1. The van der Waals surface area contributed by atoms with Crippen molar-refractivity contribution >= 4 is 22.9 Å². The fourth-order valence-electron chi connectivity index (χ4n) is 2.48. The topological polar surface area (TPSA) is 44.1 Å². The number of fused-ring (bicyclic) bond motifs is 1. The van der Waals surface area contributed by atoms with Crippen LogP contribution in [0.25, 0.3) is 0 Å². The number of amides is 1. The Morgan fingerprint density at radius 2 is 2.05 bits per heavy atom. The van der Waals surface area contributed by atoms with E-state index in [0.29, 0.717) is 5.56 Å². The van der Waals surface area contributed by atoms with Crippen LogP contribution in [0.5, 0.6) is 0 Å². The molecule has 1 aromatic carbocycles. The van der Waals surface area contributed by atoms with Gasteiger partial charge in [-0.15, -0.1) is 11.3 Å². The molecule has 1 aliphatic carbocycles. The number of carbonyl (C=O) groups excluding carboxylic acids is 1. The zero-order valence-corrected chi connectivity index (χ0v) is 12.0. The molecular formula is C16H14N2OS. The largest absolute Gasteiger partial charge is 0.311 e. The first-order chi connectivity index (χ1) is 9.69. The molecular weight excluding hydrogens is 268 g/mol. The van der Waals surface area contributed by atoms with Crippen LogP contribution < -0.4 is 4.90 Å². The van der Waals surface area contributed by atoms with E-state index in [2.05, 4.69) is 6.07 Å². The molecule has 1 aromatic heterocycles. The van der Waals surface area contributed by atoms with E-state index in [-0.39, 0.29) is 5.91 Å². The Balaban J connectivity index is 1.83. The summed E-state index contributed by atoms with van der Waals surface area (Å²) in [6.45, 7) is 0. The van der Waals surface area contributed by atoms with Crippen LogP contribution in [0.3, 0.4) is 0 Å². The molecule has 0 spiro atoms. The van der Waals surface area contributed by atoms with E-state index in [1.165, 1.54) is 16.9 Å². The number of hydrogen-bond acceptors (Lipinski definition) is 3. The smallest absolute Gasteiger partial charge is 0.268 e. The lowest BCUT2D eigenvalue weighted by Gasteiger charge is -2.16. The number of nitriles is 1. The molecule has 4 heteroatoms. The Hall–Kier alpha value is -2.12. The van der Waals surface area contributed by atoms with Gasteiger partial charge < -0.3 is 4.90 Å². The molecule has 0 bridgehead atoms. The van der Waals surface area contributed by atoms with Crippen LogP contribution in [-0.2, 0) is 12.8 Å². The maximum Gasteiger partial charge on any atom is 0.268 e. The summed E-state index contributed by atoms with van der Waals surface area (Å²) in [5.41, 5.74) is 2.75. The fraction of sp³-hybridized carbons (Fsp3) is 0.250. The van der Waals surface area contributed by atoms with Crippen molar-refractivity contribution in [1.82, 2.24) is 0 Å². The van der Waals surface area contributed by atoms with Gasteiger partial charge in [-0.1, -0.05) is 0 Å². The monoisotopic (exact) mass is 282 g/mol. The van der Waals surface area contributed by atoms with Crippen LogP contribution >= 0.6 is 11.3 Å². The Kier molecular flexibility index (Phi) is 3.29. The van der Waals surface area contributed by atoms with E-state index in [0.717, 1.165) is 23.4 Å². The molecule has 2 aromatic rings. The second-order valence-electron chi connectivity index (χ2n) is 4.94. The van der Waals surface area contributed by atoms with Crippen LogP contribution in [0.1, 0.15) is 32.1 Å². The predicted molar refractivity (Wildman–Crippen MR) is 80.2 cm³/mol. The summed E-state index contributed by atoms with van der Waals surface area (Å²) in [5.74, 6) is 0.0223. The molecule has 0 atom stereocenters. The first-order valence-electron chi connectivity index (χ1n) is 6.59.